The van der Waals surface area contributed by atoms with E-state index in [0.29, 0.717) is 67.0 Å². The predicted molar refractivity (Wildman–Crippen MR) is 196 cm³/mol. The fourth-order valence-electron chi connectivity index (χ4n) is 10.5. The molecule has 6 rings (SSSR count). The van der Waals surface area contributed by atoms with Gasteiger partial charge in [-0.2, -0.15) is 0 Å². The molecule has 0 heterocycles. The van der Waals surface area contributed by atoms with Crippen molar-refractivity contribution in [2.45, 2.75) is 165 Å². The summed E-state index contributed by atoms with van der Waals surface area (Å²) < 4.78 is 57.3. The zero-order valence-electron chi connectivity index (χ0n) is 30.4. The molecular weight excluding hydrogens is 632 g/mol. The molecule has 4 aliphatic rings. The van der Waals surface area contributed by atoms with Gasteiger partial charge in [0.15, 0.2) is 0 Å². The van der Waals surface area contributed by atoms with Crippen molar-refractivity contribution in [3.63, 3.8) is 0 Å². The Morgan fingerprint density at radius 2 is 0.800 bits per heavy atom. The van der Waals surface area contributed by atoms with Crippen LogP contribution in [0, 0.1) is 47.1 Å². The summed E-state index contributed by atoms with van der Waals surface area (Å²) in [6.45, 7) is 0. The molecule has 0 radical (unpaired) electrons. The van der Waals surface area contributed by atoms with Crippen LogP contribution >= 0.6 is 0 Å². The van der Waals surface area contributed by atoms with E-state index >= 15 is 8.78 Å². The van der Waals surface area contributed by atoms with Gasteiger partial charge >= 0.3 is 0 Å². The summed E-state index contributed by atoms with van der Waals surface area (Å²) in [7, 11) is 0. The molecule has 0 N–H and O–H groups in total. The second-order valence-corrected chi connectivity index (χ2v) is 17.2. The van der Waals surface area contributed by atoms with Crippen LogP contribution < -0.4 is 0 Å². The normalized spacial score (nSPS) is 31.9. The van der Waals surface area contributed by atoms with Crippen molar-refractivity contribution >= 4 is 5.78 Å². The summed E-state index contributed by atoms with van der Waals surface area (Å²) in [6.07, 6.45) is 19.9. The number of benzene rings is 2. The van der Waals surface area contributed by atoms with Crippen molar-refractivity contribution in [1.29, 1.82) is 0 Å². The predicted octanol–water partition coefficient (Wildman–Crippen LogP) is 13.4. The lowest BCUT2D eigenvalue weighted by Crippen LogP contribution is -2.26. The van der Waals surface area contributed by atoms with Crippen LogP contribution in [0.5, 0.6) is 0 Å². The molecule has 2 aromatic carbocycles. The molecule has 4 fully saturated rings. The molecule has 0 aliphatic heterocycles. The first-order chi connectivity index (χ1) is 24.3. The Morgan fingerprint density at radius 1 is 0.480 bits per heavy atom. The number of hydrogen-bond donors (Lipinski definition) is 0. The molecule has 0 saturated heterocycles. The molecule has 2 atom stereocenters. The molecule has 0 aromatic heterocycles. The van der Waals surface area contributed by atoms with Crippen molar-refractivity contribution in [3.05, 3.63) is 71.3 Å². The standard InChI is InChI=1S/C45H62F4O/c46-41-23-19-37(20-24-41)35-11-5-33(6-12-35)29-44(48)39-15-1-31(2-16-39)9-27-43(50)28-10-32-3-17-40(18-4-32)45(49)30-34-7-13-36(14-8-34)38-21-25-42(47)26-22-38/h19-26,31-36,39-40,44-45H,1-18,27-30H2/t31-,32?,33-,34-,35-,36-,39-,40?,44?,45?. The molecule has 1 nitrogen and oxygen atoms in total. The SMILES string of the molecule is O=C(CCC1CCC(C(F)C[C@H]2CC[C@H](c3ccc(F)cc3)CC2)CC1)CC[C@H]1CC[C@H](C(F)C[C@H]2CC[C@H](c3ccc(F)cc3)CC2)CC1. The van der Waals surface area contributed by atoms with Crippen molar-refractivity contribution < 1.29 is 22.4 Å². The lowest BCUT2D eigenvalue weighted by atomic mass is 9.73. The number of hydrogen-bond acceptors (Lipinski definition) is 1. The highest BCUT2D eigenvalue weighted by Crippen LogP contribution is 2.43. The molecule has 4 aliphatic carbocycles. The zero-order valence-corrected chi connectivity index (χ0v) is 30.4. The summed E-state index contributed by atoms with van der Waals surface area (Å²) in [5.74, 6) is 3.39. The van der Waals surface area contributed by atoms with E-state index < -0.39 is 12.3 Å². The average molecular weight is 695 g/mol. The maximum Gasteiger partial charge on any atom is 0.132 e. The Kier molecular flexibility index (Phi) is 13.9. The third-order valence-corrected chi connectivity index (χ3v) is 14.0. The Balaban J connectivity index is 0.789. The van der Waals surface area contributed by atoms with Crippen LogP contribution in [-0.4, -0.2) is 18.1 Å². The van der Waals surface area contributed by atoms with Gasteiger partial charge in [0, 0.05) is 12.8 Å². The number of rotatable bonds is 14. The maximum absolute atomic E-state index is 15.4. The summed E-state index contributed by atoms with van der Waals surface area (Å²) in [5.41, 5.74) is 2.44. The minimum absolute atomic E-state index is 0.179. The first kappa shape index (κ1) is 37.6. The van der Waals surface area contributed by atoms with Gasteiger partial charge in [-0.25, -0.2) is 17.6 Å². The summed E-state index contributed by atoms with van der Waals surface area (Å²) in [5, 5.41) is 0. The molecule has 276 valence electrons. The van der Waals surface area contributed by atoms with E-state index in [4.69, 9.17) is 0 Å². The fourth-order valence-corrected chi connectivity index (χ4v) is 10.5. The molecule has 0 bridgehead atoms. The van der Waals surface area contributed by atoms with E-state index in [9.17, 15) is 13.6 Å². The molecule has 2 aromatic rings. The van der Waals surface area contributed by atoms with Gasteiger partial charge in [0.05, 0.1) is 0 Å². The summed E-state index contributed by atoms with van der Waals surface area (Å²) in [6, 6.07) is 13.8. The molecule has 0 spiro atoms. The third kappa shape index (κ3) is 10.9. The largest absolute Gasteiger partial charge is 0.300 e. The molecule has 0 amide bonds. The molecule has 50 heavy (non-hydrogen) atoms. The summed E-state index contributed by atoms with van der Waals surface area (Å²) in [4.78, 5) is 12.8. The quantitative estimate of drug-likeness (QED) is 0.180. The van der Waals surface area contributed by atoms with Crippen LogP contribution in [0.15, 0.2) is 48.5 Å². The first-order valence-electron chi connectivity index (χ1n) is 20.6. The minimum Gasteiger partial charge on any atom is -0.300 e. The highest BCUT2D eigenvalue weighted by Gasteiger charge is 2.33. The van der Waals surface area contributed by atoms with Gasteiger partial charge in [0.1, 0.15) is 29.8 Å². The first-order valence-corrected chi connectivity index (χ1v) is 20.6. The average Bonchev–Trinajstić information content (AvgIpc) is 3.15. The van der Waals surface area contributed by atoms with Gasteiger partial charge in [0.2, 0.25) is 0 Å². The van der Waals surface area contributed by atoms with Gasteiger partial charge in [0.25, 0.3) is 0 Å². The number of ketones is 1. The molecule has 4 saturated carbocycles. The van der Waals surface area contributed by atoms with Crippen LogP contribution in [0.25, 0.3) is 0 Å². The topological polar surface area (TPSA) is 17.1 Å². The molecule has 5 heteroatoms. The highest BCUT2D eigenvalue weighted by atomic mass is 19.1. The summed E-state index contributed by atoms with van der Waals surface area (Å²) >= 11 is 0. The second kappa shape index (κ2) is 18.5. The lowest BCUT2D eigenvalue weighted by Gasteiger charge is -2.34. The Labute approximate surface area is 299 Å². The highest BCUT2D eigenvalue weighted by molar-refractivity contribution is 5.78. The Bertz CT molecular complexity index is 1180. The van der Waals surface area contributed by atoms with E-state index in [1.54, 1.807) is 24.3 Å². The minimum atomic E-state index is -0.707. The van der Waals surface area contributed by atoms with Gasteiger partial charge in [-0.3, -0.25) is 4.79 Å². The van der Waals surface area contributed by atoms with Crippen molar-refractivity contribution in [3.8, 4) is 0 Å². The fraction of sp³-hybridized carbons (Fsp3) is 0.711. The van der Waals surface area contributed by atoms with Crippen molar-refractivity contribution in [2.75, 3.05) is 0 Å². The van der Waals surface area contributed by atoms with Crippen LogP contribution in [0.4, 0.5) is 17.6 Å². The van der Waals surface area contributed by atoms with Crippen LogP contribution in [0.3, 0.4) is 0 Å². The zero-order chi connectivity index (χ0) is 34.9. The van der Waals surface area contributed by atoms with Crippen LogP contribution in [-0.2, 0) is 4.79 Å². The van der Waals surface area contributed by atoms with Crippen molar-refractivity contribution in [1.82, 2.24) is 0 Å². The van der Waals surface area contributed by atoms with E-state index in [0.717, 1.165) is 116 Å². The lowest BCUT2D eigenvalue weighted by molar-refractivity contribution is -0.119. The van der Waals surface area contributed by atoms with E-state index in [2.05, 4.69) is 0 Å². The molecular formula is C45H62F4O. The third-order valence-electron chi connectivity index (χ3n) is 14.0. The Morgan fingerprint density at radius 3 is 1.14 bits per heavy atom. The van der Waals surface area contributed by atoms with E-state index in [1.165, 1.54) is 11.1 Å². The van der Waals surface area contributed by atoms with Crippen LogP contribution in [0.2, 0.25) is 0 Å². The van der Waals surface area contributed by atoms with E-state index in [-0.39, 0.29) is 23.5 Å². The number of carbonyl (C=O) groups excluding carboxylic acids is 1. The van der Waals surface area contributed by atoms with Crippen molar-refractivity contribution in [2.24, 2.45) is 35.5 Å². The van der Waals surface area contributed by atoms with Gasteiger partial charge in [-0.15, -0.1) is 0 Å². The molecule has 2 unspecified atom stereocenters. The van der Waals surface area contributed by atoms with Gasteiger partial charge < -0.3 is 0 Å². The number of halogens is 4. The van der Waals surface area contributed by atoms with Gasteiger partial charge in [-0.05, 0) is 185 Å². The second-order valence-electron chi connectivity index (χ2n) is 17.2. The Hall–Kier alpha value is -2.17. The maximum atomic E-state index is 15.4. The number of carbonyl (C=O) groups is 1. The van der Waals surface area contributed by atoms with Gasteiger partial charge in [-0.1, -0.05) is 49.9 Å². The monoisotopic (exact) mass is 694 g/mol. The number of alkyl halides is 2. The number of Topliss-reactive ketones (excluding diaryl/α,β-unsaturated/α-hetero) is 1. The smallest absolute Gasteiger partial charge is 0.132 e. The van der Waals surface area contributed by atoms with E-state index in [1.807, 2.05) is 24.3 Å². The van der Waals surface area contributed by atoms with Crippen LogP contribution in [0.1, 0.15) is 164 Å².